The van der Waals surface area contributed by atoms with E-state index in [2.05, 4.69) is 6.92 Å². The van der Waals surface area contributed by atoms with Gasteiger partial charge in [-0.1, -0.05) is 19.8 Å². The number of carboxylic acids is 1. The first-order valence-corrected chi connectivity index (χ1v) is 6.63. The zero-order valence-electron chi connectivity index (χ0n) is 10.7. The smallest absolute Gasteiger partial charge is 0.335 e. The van der Waals surface area contributed by atoms with E-state index in [1.54, 1.807) is 0 Å². The maximum absolute atomic E-state index is 11.3. The van der Waals surface area contributed by atoms with E-state index in [1.165, 1.54) is 6.42 Å². The van der Waals surface area contributed by atoms with Gasteiger partial charge in [0.05, 0.1) is 6.61 Å². The van der Waals surface area contributed by atoms with Crippen molar-refractivity contribution in [2.24, 2.45) is 5.92 Å². The van der Waals surface area contributed by atoms with Crippen LogP contribution in [0, 0.1) is 5.92 Å². The Hall–Kier alpha value is -0.610. The van der Waals surface area contributed by atoms with Crippen molar-refractivity contribution < 1.29 is 19.7 Å². The highest BCUT2D eigenvalue weighted by Crippen LogP contribution is 2.37. The fourth-order valence-corrected chi connectivity index (χ4v) is 2.59. The van der Waals surface area contributed by atoms with Crippen LogP contribution >= 0.6 is 0 Å². The minimum absolute atomic E-state index is 0.0498. The van der Waals surface area contributed by atoms with E-state index in [0.717, 1.165) is 19.3 Å². The van der Waals surface area contributed by atoms with Gasteiger partial charge in [0, 0.05) is 6.61 Å². The van der Waals surface area contributed by atoms with Crippen LogP contribution in [0.15, 0.2) is 0 Å². The zero-order chi connectivity index (χ0) is 12.7. The van der Waals surface area contributed by atoms with E-state index < -0.39 is 11.6 Å². The highest BCUT2D eigenvalue weighted by Gasteiger charge is 2.42. The van der Waals surface area contributed by atoms with Crippen LogP contribution < -0.4 is 0 Å². The molecular formula is C13H24O4. The predicted octanol–water partition coefficient (Wildman–Crippen LogP) is 2.20. The van der Waals surface area contributed by atoms with Crippen LogP contribution in [0.1, 0.15) is 51.9 Å². The highest BCUT2D eigenvalue weighted by atomic mass is 16.5. The van der Waals surface area contributed by atoms with Crippen LogP contribution in [0.2, 0.25) is 0 Å². The molecule has 0 amide bonds. The molecule has 1 aliphatic carbocycles. The van der Waals surface area contributed by atoms with Crippen molar-refractivity contribution in [3.8, 4) is 0 Å². The first kappa shape index (κ1) is 14.5. The van der Waals surface area contributed by atoms with Gasteiger partial charge in [-0.25, -0.2) is 4.79 Å². The average molecular weight is 244 g/mol. The maximum atomic E-state index is 11.3. The maximum Gasteiger partial charge on any atom is 0.335 e. The Kier molecular flexibility index (Phi) is 5.92. The minimum Gasteiger partial charge on any atom is -0.479 e. The lowest BCUT2D eigenvalue weighted by Gasteiger charge is -2.36. The van der Waals surface area contributed by atoms with Crippen LogP contribution in [0.3, 0.4) is 0 Å². The second-order valence-corrected chi connectivity index (χ2v) is 4.96. The normalized spacial score (nSPS) is 29.2. The van der Waals surface area contributed by atoms with Crippen molar-refractivity contribution in [2.75, 3.05) is 13.2 Å². The standard InChI is InChI=1S/C13H24O4/c1-2-4-11-5-7-13(8-6-11,12(15)16)17-10-3-9-14/h11,14H,2-10H2,1H3,(H,15,16). The third kappa shape index (κ3) is 3.96. The van der Waals surface area contributed by atoms with Crippen molar-refractivity contribution in [3.05, 3.63) is 0 Å². The number of aliphatic hydroxyl groups excluding tert-OH is 1. The summed E-state index contributed by atoms with van der Waals surface area (Å²) < 4.78 is 5.54. The van der Waals surface area contributed by atoms with E-state index in [0.29, 0.717) is 31.8 Å². The lowest BCUT2D eigenvalue weighted by atomic mass is 9.77. The summed E-state index contributed by atoms with van der Waals surface area (Å²) in [5, 5.41) is 18.0. The van der Waals surface area contributed by atoms with Gasteiger partial charge in [0.2, 0.25) is 0 Å². The summed E-state index contributed by atoms with van der Waals surface area (Å²) in [5.41, 5.74) is -0.987. The van der Waals surface area contributed by atoms with E-state index in [9.17, 15) is 9.90 Å². The molecule has 0 spiro atoms. The topological polar surface area (TPSA) is 66.8 Å². The molecule has 0 heterocycles. The third-order valence-corrected chi connectivity index (χ3v) is 3.68. The number of carboxylic acid groups (broad SMARTS) is 1. The number of aliphatic carboxylic acids is 1. The molecule has 0 unspecified atom stereocenters. The molecule has 4 nitrogen and oxygen atoms in total. The molecule has 1 aliphatic rings. The average Bonchev–Trinajstić information content (AvgIpc) is 2.32. The second-order valence-electron chi connectivity index (χ2n) is 4.96. The molecule has 17 heavy (non-hydrogen) atoms. The van der Waals surface area contributed by atoms with Crippen molar-refractivity contribution in [1.82, 2.24) is 0 Å². The van der Waals surface area contributed by atoms with Crippen LogP contribution in [-0.2, 0) is 9.53 Å². The summed E-state index contributed by atoms with van der Waals surface area (Å²) in [6.45, 7) is 2.55. The molecule has 0 atom stereocenters. The predicted molar refractivity (Wildman–Crippen MR) is 64.9 cm³/mol. The quantitative estimate of drug-likeness (QED) is 0.674. The Morgan fingerprint density at radius 2 is 2.06 bits per heavy atom. The minimum atomic E-state index is -0.987. The van der Waals surface area contributed by atoms with E-state index in [1.807, 2.05) is 0 Å². The summed E-state index contributed by atoms with van der Waals surface area (Å²) in [5.74, 6) is -0.181. The van der Waals surface area contributed by atoms with Gasteiger partial charge < -0.3 is 14.9 Å². The first-order chi connectivity index (χ1) is 8.14. The fourth-order valence-electron chi connectivity index (χ4n) is 2.59. The van der Waals surface area contributed by atoms with Crippen molar-refractivity contribution in [2.45, 2.75) is 57.5 Å². The molecule has 0 aromatic rings. The molecule has 1 saturated carbocycles. The van der Waals surface area contributed by atoms with Gasteiger partial charge in [-0.05, 0) is 38.0 Å². The molecular weight excluding hydrogens is 220 g/mol. The lowest BCUT2D eigenvalue weighted by Crippen LogP contribution is -2.45. The van der Waals surface area contributed by atoms with Crippen molar-refractivity contribution in [1.29, 1.82) is 0 Å². The Labute approximate surface area is 103 Å². The summed E-state index contributed by atoms with van der Waals surface area (Å²) in [7, 11) is 0. The van der Waals surface area contributed by atoms with Gasteiger partial charge >= 0.3 is 5.97 Å². The fraction of sp³-hybridized carbons (Fsp3) is 0.923. The summed E-state index contributed by atoms with van der Waals surface area (Å²) >= 11 is 0. The van der Waals surface area contributed by atoms with E-state index in [4.69, 9.17) is 9.84 Å². The van der Waals surface area contributed by atoms with Crippen LogP contribution in [-0.4, -0.2) is 35.0 Å². The molecule has 1 fully saturated rings. The molecule has 0 aromatic heterocycles. The molecule has 0 aliphatic heterocycles. The molecule has 0 radical (unpaired) electrons. The van der Waals surface area contributed by atoms with Crippen molar-refractivity contribution >= 4 is 5.97 Å². The monoisotopic (exact) mass is 244 g/mol. The van der Waals surface area contributed by atoms with Gasteiger partial charge in [-0.2, -0.15) is 0 Å². The highest BCUT2D eigenvalue weighted by molar-refractivity contribution is 5.77. The second kappa shape index (κ2) is 6.97. The van der Waals surface area contributed by atoms with Gasteiger partial charge in [0.25, 0.3) is 0 Å². The number of carbonyl (C=O) groups is 1. The molecule has 1 rings (SSSR count). The lowest BCUT2D eigenvalue weighted by molar-refractivity contribution is -0.172. The molecule has 2 N–H and O–H groups in total. The van der Waals surface area contributed by atoms with Crippen LogP contribution in [0.25, 0.3) is 0 Å². The number of rotatable bonds is 7. The number of ether oxygens (including phenoxy) is 1. The van der Waals surface area contributed by atoms with Gasteiger partial charge in [-0.3, -0.25) is 0 Å². The van der Waals surface area contributed by atoms with Crippen LogP contribution in [0.5, 0.6) is 0 Å². The van der Waals surface area contributed by atoms with Crippen LogP contribution in [0.4, 0.5) is 0 Å². The van der Waals surface area contributed by atoms with E-state index >= 15 is 0 Å². The Balaban J connectivity index is 2.48. The van der Waals surface area contributed by atoms with Crippen molar-refractivity contribution in [3.63, 3.8) is 0 Å². The molecule has 0 bridgehead atoms. The van der Waals surface area contributed by atoms with Gasteiger partial charge in [-0.15, -0.1) is 0 Å². The SMILES string of the molecule is CCCC1CCC(OCCCO)(C(=O)O)CC1. The molecule has 100 valence electrons. The van der Waals surface area contributed by atoms with E-state index in [-0.39, 0.29) is 6.61 Å². The number of aliphatic hydroxyl groups is 1. The summed E-state index contributed by atoms with van der Waals surface area (Å²) in [4.78, 5) is 11.3. The zero-order valence-corrected chi connectivity index (χ0v) is 10.7. The summed E-state index contributed by atoms with van der Waals surface area (Å²) in [6.07, 6.45) is 5.96. The Morgan fingerprint density at radius 1 is 1.41 bits per heavy atom. The summed E-state index contributed by atoms with van der Waals surface area (Å²) in [6, 6.07) is 0. The molecule has 0 saturated heterocycles. The number of hydrogen-bond acceptors (Lipinski definition) is 3. The molecule has 4 heteroatoms. The largest absolute Gasteiger partial charge is 0.479 e. The van der Waals surface area contributed by atoms with Gasteiger partial charge in [0.1, 0.15) is 0 Å². The third-order valence-electron chi connectivity index (χ3n) is 3.68. The molecule has 0 aromatic carbocycles. The number of hydrogen-bond donors (Lipinski definition) is 2. The Bertz CT molecular complexity index is 232. The van der Waals surface area contributed by atoms with Gasteiger partial charge in [0.15, 0.2) is 5.60 Å². The first-order valence-electron chi connectivity index (χ1n) is 6.63. The Morgan fingerprint density at radius 3 is 2.53 bits per heavy atom.